The highest BCUT2D eigenvalue weighted by atomic mass is 16.5. The minimum Gasteiger partial charge on any atom is -0.481 e. The van der Waals surface area contributed by atoms with E-state index < -0.39 is 5.60 Å². The van der Waals surface area contributed by atoms with Gasteiger partial charge in [0, 0.05) is 19.2 Å². The van der Waals surface area contributed by atoms with Gasteiger partial charge in [-0.25, -0.2) is 0 Å². The molecular weight excluding hydrogens is 298 g/mol. The quantitative estimate of drug-likeness (QED) is 0.856. The number of β-amino-alcohol motifs (C(OH)–C–C–N with tert-alkyl or cyclic N) is 1. The number of methoxy groups -OCH3 is 2. The Morgan fingerprint density at radius 1 is 1.39 bits per heavy atom. The molecule has 0 saturated carbocycles. The third kappa shape index (κ3) is 4.11. The summed E-state index contributed by atoms with van der Waals surface area (Å²) in [6, 6.07) is 3.28. The summed E-state index contributed by atoms with van der Waals surface area (Å²) < 4.78 is 10.3. The predicted octanol–water partition coefficient (Wildman–Crippen LogP) is 0.627. The second-order valence-corrected chi connectivity index (χ2v) is 6.20. The zero-order chi connectivity index (χ0) is 17.0. The molecule has 1 N–H and O–H groups in total. The van der Waals surface area contributed by atoms with Gasteiger partial charge in [-0.2, -0.15) is 4.98 Å². The number of carbonyl (C=O) groups excluding carboxylic acids is 1. The van der Waals surface area contributed by atoms with Crippen molar-refractivity contribution in [3.63, 3.8) is 0 Å². The number of ether oxygens (including phenoxy) is 2. The van der Waals surface area contributed by atoms with E-state index in [9.17, 15) is 9.90 Å². The molecule has 0 aromatic carbocycles. The van der Waals surface area contributed by atoms with Gasteiger partial charge in [-0.15, -0.1) is 0 Å². The van der Waals surface area contributed by atoms with E-state index in [2.05, 4.69) is 4.98 Å². The van der Waals surface area contributed by atoms with Crippen LogP contribution < -0.4 is 9.47 Å². The van der Waals surface area contributed by atoms with E-state index >= 15 is 0 Å². The van der Waals surface area contributed by atoms with Gasteiger partial charge in [0.15, 0.2) is 0 Å². The highest BCUT2D eigenvalue weighted by molar-refractivity contribution is 5.96. The van der Waals surface area contributed by atoms with Crippen molar-refractivity contribution >= 4 is 5.91 Å². The number of amides is 1. The Kier molecular flexibility index (Phi) is 5.43. The topological polar surface area (TPSA) is 75.1 Å². The summed E-state index contributed by atoms with van der Waals surface area (Å²) in [5, 5.41) is 10.7. The van der Waals surface area contributed by atoms with E-state index in [-0.39, 0.29) is 11.8 Å². The van der Waals surface area contributed by atoms with Crippen LogP contribution in [0.25, 0.3) is 0 Å². The number of hydrogen-bond acceptors (Lipinski definition) is 6. The first kappa shape index (κ1) is 17.5. The van der Waals surface area contributed by atoms with Crippen molar-refractivity contribution in [3.8, 4) is 11.8 Å². The van der Waals surface area contributed by atoms with Gasteiger partial charge < -0.3 is 24.4 Å². The molecule has 23 heavy (non-hydrogen) atoms. The number of nitrogens with zero attached hydrogens (tertiary/aromatic N) is 3. The van der Waals surface area contributed by atoms with Crippen LogP contribution in [0.15, 0.2) is 12.1 Å². The van der Waals surface area contributed by atoms with Crippen molar-refractivity contribution in [1.82, 2.24) is 14.8 Å². The normalized spacial score (nSPS) is 21.4. The summed E-state index contributed by atoms with van der Waals surface area (Å²) in [4.78, 5) is 20.5. The van der Waals surface area contributed by atoms with Gasteiger partial charge >= 0.3 is 0 Å². The summed E-state index contributed by atoms with van der Waals surface area (Å²) in [5.74, 6) is 0.436. The standard InChI is InChI=1S/C16H25N3O4/c1-18(2)10-16(21)8-5-9-19(11-16)15(20)12-6-7-13(22-3)17-14(12)23-4/h6-7,21H,5,8-11H2,1-4H3. The molecule has 1 aliphatic heterocycles. The molecule has 0 aliphatic carbocycles. The van der Waals surface area contributed by atoms with Gasteiger partial charge in [-0.3, -0.25) is 4.79 Å². The van der Waals surface area contributed by atoms with Crippen molar-refractivity contribution in [1.29, 1.82) is 0 Å². The Balaban J connectivity index is 2.19. The lowest BCUT2D eigenvalue weighted by molar-refractivity contribution is -0.0392. The van der Waals surface area contributed by atoms with E-state index in [0.717, 1.165) is 6.42 Å². The van der Waals surface area contributed by atoms with Crippen LogP contribution in [0, 0.1) is 0 Å². The lowest BCUT2D eigenvalue weighted by Gasteiger charge is -2.40. The number of likely N-dealkylation sites (N-methyl/N-ethyl adjacent to an activating group) is 1. The molecule has 1 saturated heterocycles. The Morgan fingerprint density at radius 2 is 2.13 bits per heavy atom. The van der Waals surface area contributed by atoms with Crippen LogP contribution in [0.2, 0.25) is 0 Å². The minimum atomic E-state index is -0.884. The fraction of sp³-hybridized carbons (Fsp3) is 0.625. The van der Waals surface area contributed by atoms with E-state index in [1.165, 1.54) is 14.2 Å². The Hall–Kier alpha value is -1.86. The summed E-state index contributed by atoms with van der Waals surface area (Å²) in [7, 11) is 6.80. The lowest BCUT2D eigenvalue weighted by Crippen LogP contribution is -2.54. The van der Waals surface area contributed by atoms with Crippen molar-refractivity contribution in [2.45, 2.75) is 18.4 Å². The first-order valence-electron chi connectivity index (χ1n) is 7.64. The monoisotopic (exact) mass is 323 g/mol. The number of aromatic nitrogens is 1. The van der Waals surface area contributed by atoms with Crippen LogP contribution in [-0.2, 0) is 0 Å². The van der Waals surface area contributed by atoms with Gasteiger partial charge in [-0.1, -0.05) is 0 Å². The summed E-state index contributed by atoms with van der Waals surface area (Å²) in [6.45, 7) is 1.44. The zero-order valence-electron chi connectivity index (χ0n) is 14.2. The zero-order valence-corrected chi connectivity index (χ0v) is 14.2. The van der Waals surface area contributed by atoms with Crippen LogP contribution in [0.1, 0.15) is 23.2 Å². The fourth-order valence-corrected chi connectivity index (χ4v) is 3.03. The molecule has 0 spiro atoms. The van der Waals surface area contributed by atoms with Crippen LogP contribution in [0.3, 0.4) is 0 Å². The largest absolute Gasteiger partial charge is 0.481 e. The molecule has 2 rings (SSSR count). The first-order valence-corrected chi connectivity index (χ1v) is 7.64. The lowest BCUT2D eigenvalue weighted by atomic mass is 9.92. The fourth-order valence-electron chi connectivity index (χ4n) is 3.03. The molecule has 1 amide bonds. The average Bonchev–Trinajstić information content (AvgIpc) is 2.52. The molecule has 1 aromatic rings. The number of carbonyl (C=O) groups is 1. The highest BCUT2D eigenvalue weighted by Crippen LogP contribution is 2.26. The molecular formula is C16H25N3O4. The maximum absolute atomic E-state index is 12.8. The van der Waals surface area contributed by atoms with Gasteiger partial charge in [-0.05, 0) is 33.0 Å². The van der Waals surface area contributed by atoms with Crippen molar-refractivity contribution < 1.29 is 19.4 Å². The van der Waals surface area contributed by atoms with E-state index in [0.29, 0.717) is 37.5 Å². The third-order valence-electron chi connectivity index (χ3n) is 3.92. The molecule has 1 atom stereocenters. The molecule has 0 radical (unpaired) electrons. The van der Waals surface area contributed by atoms with E-state index in [1.807, 2.05) is 19.0 Å². The molecule has 1 aromatic heterocycles. The Labute approximate surface area is 136 Å². The maximum Gasteiger partial charge on any atom is 0.259 e. The molecule has 1 fully saturated rings. The SMILES string of the molecule is COc1ccc(C(=O)N2CCCC(O)(CN(C)C)C2)c(OC)n1. The number of hydrogen-bond donors (Lipinski definition) is 1. The van der Waals surface area contributed by atoms with Gasteiger partial charge in [0.1, 0.15) is 5.56 Å². The van der Waals surface area contributed by atoms with Crippen molar-refractivity contribution in [2.75, 3.05) is 47.9 Å². The second-order valence-electron chi connectivity index (χ2n) is 6.20. The summed E-state index contributed by atoms with van der Waals surface area (Å²) >= 11 is 0. The van der Waals surface area contributed by atoms with Gasteiger partial charge in [0.2, 0.25) is 11.8 Å². The minimum absolute atomic E-state index is 0.186. The first-order chi connectivity index (χ1) is 10.9. The number of rotatable bonds is 5. The van der Waals surface area contributed by atoms with Crippen LogP contribution in [0.4, 0.5) is 0 Å². The molecule has 7 nitrogen and oxygen atoms in total. The van der Waals surface area contributed by atoms with Crippen LogP contribution in [0.5, 0.6) is 11.8 Å². The molecule has 128 valence electrons. The molecule has 0 bridgehead atoms. The maximum atomic E-state index is 12.8. The average molecular weight is 323 g/mol. The highest BCUT2D eigenvalue weighted by Gasteiger charge is 2.36. The van der Waals surface area contributed by atoms with Gasteiger partial charge in [0.25, 0.3) is 5.91 Å². The summed E-state index contributed by atoms with van der Waals surface area (Å²) in [6.07, 6.45) is 1.45. The predicted molar refractivity (Wildman–Crippen MR) is 86.0 cm³/mol. The van der Waals surface area contributed by atoms with Crippen molar-refractivity contribution in [2.24, 2.45) is 0 Å². The molecule has 7 heteroatoms. The number of pyridine rings is 1. The number of piperidine rings is 1. The molecule has 2 heterocycles. The Morgan fingerprint density at radius 3 is 2.74 bits per heavy atom. The second kappa shape index (κ2) is 7.14. The van der Waals surface area contributed by atoms with Crippen molar-refractivity contribution in [3.05, 3.63) is 17.7 Å². The van der Waals surface area contributed by atoms with E-state index in [1.54, 1.807) is 17.0 Å². The van der Waals surface area contributed by atoms with E-state index in [4.69, 9.17) is 9.47 Å². The van der Waals surface area contributed by atoms with Crippen LogP contribution in [-0.4, -0.2) is 79.3 Å². The van der Waals surface area contributed by atoms with Crippen LogP contribution >= 0.6 is 0 Å². The number of likely N-dealkylation sites (tertiary alicyclic amines) is 1. The smallest absolute Gasteiger partial charge is 0.259 e. The molecule has 1 unspecified atom stereocenters. The Bertz CT molecular complexity index is 564. The molecule has 1 aliphatic rings. The third-order valence-corrected chi connectivity index (χ3v) is 3.92. The number of aliphatic hydroxyl groups is 1. The van der Waals surface area contributed by atoms with Gasteiger partial charge in [0.05, 0.1) is 26.4 Å². The summed E-state index contributed by atoms with van der Waals surface area (Å²) in [5.41, 5.74) is -0.507.